The van der Waals surface area contributed by atoms with E-state index < -0.39 is 0 Å². The normalized spacial score (nSPS) is 40.0. The molecule has 2 bridgehead atoms. The van der Waals surface area contributed by atoms with Crippen molar-refractivity contribution in [3.8, 4) is 0 Å². The summed E-state index contributed by atoms with van der Waals surface area (Å²) in [6.45, 7) is 0. The minimum absolute atomic E-state index is 0.115. The smallest absolute Gasteiger partial charge is 0.254 e. The lowest BCUT2D eigenvalue weighted by Gasteiger charge is -2.37. The van der Waals surface area contributed by atoms with Gasteiger partial charge < -0.3 is 0 Å². The van der Waals surface area contributed by atoms with Crippen molar-refractivity contribution in [1.82, 2.24) is 5.01 Å². The summed E-state index contributed by atoms with van der Waals surface area (Å²) in [5.41, 5.74) is 0.860. The number of benzene rings is 1. The van der Waals surface area contributed by atoms with Crippen LogP contribution in [0, 0.1) is 35.5 Å². The maximum atomic E-state index is 12.7. The predicted octanol–water partition coefficient (Wildman–Crippen LogP) is 2.84. The lowest BCUT2D eigenvalue weighted by molar-refractivity contribution is -0.140. The van der Waals surface area contributed by atoms with Crippen molar-refractivity contribution in [2.24, 2.45) is 40.6 Å². The first kappa shape index (κ1) is 13.7. The zero-order valence-electron chi connectivity index (χ0n) is 12.3. The van der Waals surface area contributed by atoms with Gasteiger partial charge in [0.25, 0.3) is 11.8 Å². The molecule has 6 atom stereocenters. The van der Waals surface area contributed by atoms with Crippen molar-refractivity contribution >= 4 is 34.0 Å². The molecule has 0 aromatic heterocycles. The van der Waals surface area contributed by atoms with Crippen molar-refractivity contribution in [2.45, 2.75) is 6.42 Å². The first-order chi connectivity index (χ1) is 11.1. The van der Waals surface area contributed by atoms with Crippen molar-refractivity contribution < 1.29 is 9.59 Å². The van der Waals surface area contributed by atoms with Crippen LogP contribution in [-0.2, 0) is 9.59 Å². The number of rotatable bonds is 2. The molecule has 4 aliphatic carbocycles. The maximum absolute atomic E-state index is 12.7. The van der Waals surface area contributed by atoms with E-state index in [1.54, 1.807) is 6.21 Å². The fourth-order valence-corrected chi connectivity index (χ4v) is 5.18. The average molecular weight is 371 g/mol. The molecule has 1 saturated heterocycles. The third-order valence-electron chi connectivity index (χ3n) is 5.81. The van der Waals surface area contributed by atoms with Gasteiger partial charge in [-0.1, -0.05) is 40.2 Å². The molecule has 4 nitrogen and oxygen atoms in total. The van der Waals surface area contributed by atoms with E-state index >= 15 is 0 Å². The van der Waals surface area contributed by atoms with Gasteiger partial charge in [0.05, 0.1) is 18.1 Å². The van der Waals surface area contributed by atoms with Crippen LogP contribution in [-0.4, -0.2) is 23.0 Å². The molecule has 0 unspecified atom stereocenters. The Morgan fingerprint density at radius 1 is 1.09 bits per heavy atom. The molecule has 1 aromatic rings. The molecule has 1 aliphatic heterocycles. The summed E-state index contributed by atoms with van der Waals surface area (Å²) in [4.78, 5) is 25.5. The third-order valence-corrected chi connectivity index (χ3v) is 6.30. The van der Waals surface area contributed by atoms with Crippen LogP contribution >= 0.6 is 15.9 Å². The third kappa shape index (κ3) is 1.86. The number of hydrogen-bond acceptors (Lipinski definition) is 3. The topological polar surface area (TPSA) is 49.7 Å². The maximum Gasteiger partial charge on any atom is 0.254 e. The Hall–Kier alpha value is -1.75. The number of carbonyl (C=O) groups excluding carboxylic acids is 2. The fraction of sp³-hybridized carbons (Fsp3) is 0.389. The van der Waals surface area contributed by atoms with E-state index in [0.29, 0.717) is 11.8 Å². The molecule has 2 amide bonds. The Labute approximate surface area is 142 Å². The molecule has 1 aromatic carbocycles. The molecule has 3 fully saturated rings. The number of halogens is 1. The molecule has 0 N–H and O–H groups in total. The molecular weight excluding hydrogens is 356 g/mol. The second kappa shape index (κ2) is 4.63. The second-order valence-corrected chi connectivity index (χ2v) is 7.86. The highest BCUT2D eigenvalue weighted by molar-refractivity contribution is 9.10. The Bertz CT molecular complexity index is 751. The number of hydrazone groups is 1. The minimum Gasteiger partial charge on any atom is -0.272 e. The lowest BCUT2D eigenvalue weighted by Crippen LogP contribution is -2.40. The van der Waals surface area contributed by atoms with E-state index in [1.807, 2.05) is 24.3 Å². The zero-order chi connectivity index (χ0) is 15.7. The Balaban J connectivity index is 1.45. The van der Waals surface area contributed by atoms with Gasteiger partial charge >= 0.3 is 0 Å². The summed E-state index contributed by atoms with van der Waals surface area (Å²) in [6.07, 6.45) is 7.12. The molecule has 116 valence electrons. The molecule has 1 heterocycles. The number of hydrogen-bond donors (Lipinski definition) is 0. The second-order valence-electron chi connectivity index (χ2n) is 6.94. The number of nitrogens with zero attached hydrogens (tertiary/aromatic N) is 2. The standard InChI is InChI=1S/C18H15BrN2O2/c19-10-3-1-2-9(6-10)8-20-21-17(22)15-11-4-5-12(14-7-13(11)14)16(15)18(21)23/h1-6,8,11-16H,7H2/b20-8-/t11-,12-,13-,14+,15-,16+/m0/s1. The quantitative estimate of drug-likeness (QED) is 0.456. The van der Waals surface area contributed by atoms with Gasteiger partial charge in [0.2, 0.25) is 0 Å². The number of amides is 2. The Kier molecular flexibility index (Phi) is 2.75. The summed E-state index contributed by atoms with van der Waals surface area (Å²) in [5, 5.41) is 5.34. The van der Waals surface area contributed by atoms with Crippen LogP contribution in [0.3, 0.4) is 0 Å². The average Bonchev–Trinajstić information content (AvgIpc) is 3.32. The van der Waals surface area contributed by atoms with Crippen LogP contribution in [0.25, 0.3) is 0 Å². The van der Waals surface area contributed by atoms with Crippen molar-refractivity contribution in [3.05, 3.63) is 46.5 Å². The van der Waals surface area contributed by atoms with E-state index in [0.717, 1.165) is 15.0 Å². The van der Waals surface area contributed by atoms with Crippen LogP contribution in [0.15, 0.2) is 46.0 Å². The van der Waals surface area contributed by atoms with Gasteiger partial charge in [-0.25, -0.2) is 0 Å². The fourth-order valence-electron chi connectivity index (χ4n) is 4.77. The van der Waals surface area contributed by atoms with E-state index in [9.17, 15) is 9.59 Å². The highest BCUT2D eigenvalue weighted by Crippen LogP contribution is 2.65. The molecular formula is C18H15BrN2O2. The molecule has 0 radical (unpaired) electrons. The Morgan fingerprint density at radius 3 is 2.35 bits per heavy atom. The molecule has 5 heteroatoms. The van der Waals surface area contributed by atoms with Crippen molar-refractivity contribution in [1.29, 1.82) is 0 Å². The van der Waals surface area contributed by atoms with Gasteiger partial charge in [0, 0.05) is 4.47 Å². The van der Waals surface area contributed by atoms with Gasteiger partial charge in [-0.2, -0.15) is 10.1 Å². The van der Waals surface area contributed by atoms with E-state index in [1.165, 1.54) is 6.42 Å². The molecule has 5 aliphatic rings. The molecule has 23 heavy (non-hydrogen) atoms. The van der Waals surface area contributed by atoms with Crippen LogP contribution in [0.2, 0.25) is 0 Å². The molecule has 2 saturated carbocycles. The molecule has 0 spiro atoms. The minimum atomic E-state index is -0.180. The zero-order valence-corrected chi connectivity index (χ0v) is 13.9. The van der Waals surface area contributed by atoms with Gasteiger partial charge in [-0.3, -0.25) is 9.59 Å². The van der Waals surface area contributed by atoms with Crippen LogP contribution in [0.1, 0.15) is 12.0 Å². The summed E-state index contributed by atoms with van der Waals surface area (Å²) in [5.74, 6) is 1.15. The first-order valence-electron chi connectivity index (χ1n) is 8.01. The SMILES string of the molecule is O=C1[C@@H]2[C@H]3C=C[C@@H]([C@@H]4C[C@H]34)[C@@H]2C(=O)N1/N=C\c1cccc(Br)c1. The monoisotopic (exact) mass is 370 g/mol. The first-order valence-corrected chi connectivity index (χ1v) is 8.80. The van der Waals surface area contributed by atoms with Gasteiger partial charge in [-0.05, 0) is 47.8 Å². The van der Waals surface area contributed by atoms with Crippen molar-refractivity contribution in [3.63, 3.8) is 0 Å². The van der Waals surface area contributed by atoms with Crippen molar-refractivity contribution in [2.75, 3.05) is 0 Å². The molecule has 6 rings (SSSR count). The summed E-state index contributed by atoms with van der Waals surface area (Å²) in [7, 11) is 0. The Morgan fingerprint density at radius 2 is 1.74 bits per heavy atom. The number of carbonyl (C=O) groups is 2. The van der Waals surface area contributed by atoms with Crippen LogP contribution in [0.4, 0.5) is 0 Å². The largest absolute Gasteiger partial charge is 0.272 e. The van der Waals surface area contributed by atoms with E-state index in [4.69, 9.17) is 0 Å². The number of allylic oxidation sites excluding steroid dienone is 2. The van der Waals surface area contributed by atoms with Crippen LogP contribution < -0.4 is 0 Å². The van der Waals surface area contributed by atoms with E-state index in [2.05, 4.69) is 33.2 Å². The van der Waals surface area contributed by atoms with Crippen LogP contribution in [0.5, 0.6) is 0 Å². The highest BCUT2D eigenvalue weighted by Gasteiger charge is 2.67. The van der Waals surface area contributed by atoms with Gasteiger partial charge in [0.15, 0.2) is 0 Å². The summed E-state index contributed by atoms with van der Waals surface area (Å²) < 4.78 is 0.941. The van der Waals surface area contributed by atoms with Gasteiger partial charge in [0.1, 0.15) is 0 Å². The highest BCUT2D eigenvalue weighted by atomic mass is 79.9. The lowest BCUT2D eigenvalue weighted by atomic mass is 9.63. The summed E-state index contributed by atoms with van der Waals surface area (Å²) >= 11 is 3.41. The number of imide groups is 1. The summed E-state index contributed by atoms with van der Waals surface area (Å²) in [6, 6.07) is 7.62. The van der Waals surface area contributed by atoms with Gasteiger partial charge in [-0.15, -0.1) is 0 Å². The predicted molar refractivity (Wildman–Crippen MR) is 88.3 cm³/mol. The van der Waals surface area contributed by atoms with E-state index in [-0.39, 0.29) is 35.5 Å².